The molecule has 0 fully saturated rings. The second-order valence-corrected chi connectivity index (χ2v) is 6.65. The zero-order chi connectivity index (χ0) is 19.2. The first-order chi connectivity index (χ1) is 13.0. The molecule has 0 atom stereocenters. The number of hydrogen-bond donors (Lipinski definition) is 3. The maximum atomic E-state index is 12.9. The highest BCUT2D eigenvalue weighted by Crippen LogP contribution is 2.15. The van der Waals surface area contributed by atoms with Crippen molar-refractivity contribution in [2.75, 3.05) is 10.6 Å². The largest absolute Gasteiger partial charge is 0.331 e. The van der Waals surface area contributed by atoms with Crippen molar-refractivity contribution in [2.45, 2.75) is 13.5 Å². The minimum Gasteiger partial charge on any atom is -0.331 e. The minimum atomic E-state index is -0.449. The number of anilines is 2. The van der Waals surface area contributed by atoms with Crippen LogP contribution in [0, 0.1) is 12.7 Å². The van der Waals surface area contributed by atoms with Gasteiger partial charge in [-0.1, -0.05) is 29.5 Å². The number of nitrogens with one attached hydrogen (secondary N) is 3. The number of urea groups is 1. The van der Waals surface area contributed by atoms with Gasteiger partial charge in [0.1, 0.15) is 10.8 Å². The molecule has 1 aromatic heterocycles. The Morgan fingerprint density at radius 3 is 2.52 bits per heavy atom. The average Bonchev–Trinajstić information content (AvgIpc) is 3.13. The first kappa shape index (κ1) is 18.5. The molecule has 1 heterocycles. The van der Waals surface area contributed by atoms with Crippen molar-refractivity contribution < 1.29 is 14.0 Å². The minimum absolute atomic E-state index is 0.138. The highest BCUT2D eigenvalue weighted by Gasteiger charge is 2.14. The van der Waals surface area contributed by atoms with Crippen LogP contribution in [0.1, 0.15) is 20.4 Å². The molecule has 0 aliphatic carbocycles. The van der Waals surface area contributed by atoms with Gasteiger partial charge in [-0.3, -0.25) is 4.79 Å². The summed E-state index contributed by atoms with van der Waals surface area (Å²) in [4.78, 5) is 24.1. The van der Waals surface area contributed by atoms with E-state index in [1.807, 2.05) is 25.1 Å². The van der Waals surface area contributed by atoms with Gasteiger partial charge in [0.15, 0.2) is 0 Å². The number of carbonyl (C=O) groups excluding carboxylic acids is 2. The molecule has 0 bridgehead atoms. The van der Waals surface area contributed by atoms with Gasteiger partial charge in [-0.2, -0.15) is 0 Å². The van der Waals surface area contributed by atoms with Gasteiger partial charge in [-0.15, -0.1) is 10.2 Å². The molecule has 27 heavy (non-hydrogen) atoms. The fourth-order valence-electron chi connectivity index (χ4n) is 2.17. The Kier molecular flexibility index (Phi) is 5.72. The fourth-order valence-corrected chi connectivity index (χ4v) is 2.84. The van der Waals surface area contributed by atoms with Crippen molar-refractivity contribution in [3.05, 3.63) is 69.9 Å². The summed E-state index contributed by atoms with van der Waals surface area (Å²) in [6.07, 6.45) is 0. The molecule has 0 aliphatic rings. The highest BCUT2D eigenvalue weighted by atomic mass is 32.1. The quantitative estimate of drug-likeness (QED) is 0.626. The van der Waals surface area contributed by atoms with Crippen LogP contribution in [-0.4, -0.2) is 22.1 Å². The number of nitrogens with zero attached hydrogens (tertiary/aromatic N) is 2. The average molecular weight is 385 g/mol. The van der Waals surface area contributed by atoms with E-state index in [4.69, 9.17) is 0 Å². The zero-order valence-corrected chi connectivity index (χ0v) is 15.1. The summed E-state index contributed by atoms with van der Waals surface area (Å²) in [5.74, 6) is -0.837. The molecule has 9 heteroatoms. The summed E-state index contributed by atoms with van der Waals surface area (Å²) in [5.41, 5.74) is 2.11. The van der Waals surface area contributed by atoms with Crippen molar-refractivity contribution in [2.24, 2.45) is 0 Å². The molecule has 138 valence electrons. The molecule has 0 saturated heterocycles. The topological polar surface area (TPSA) is 96.0 Å². The van der Waals surface area contributed by atoms with E-state index in [9.17, 15) is 14.0 Å². The summed E-state index contributed by atoms with van der Waals surface area (Å²) in [6.45, 7) is 2.03. The molecule has 3 N–H and O–H groups in total. The molecular formula is C18H16FN5O2S. The lowest BCUT2D eigenvalue weighted by Crippen LogP contribution is -2.28. The summed E-state index contributed by atoms with van der Waals surface area (Å²) in [6, 6.07) is 12.4. The monoisotopic (exact) mass is 385 g/mol. The van der Waals surface area contributed by atoms with Crippen LogP contribution in [0.5, 0.6) is 0 Å². The Balaban J connectivity index is 1.53. The number of carbonyl (C=O) groups is 2. The predicted molar refractivity (Wildman–Crippen MR) is 101 cm³/mol. The number of hydrogen-bond acceptors (Lipinski definition) is 5. The molecule has 0 saturated carbocycles. The molecule has 0 spiro atoms. The van der Waals surface area contributed by atoms with E-state index in [0.717, 1.165) is 16.9 Å². The van der Waals surface area contributed by atoms with E-state index in [2.05, 4.69) is 26.1 Å². The first-order valence-corrected chi connectivity index (χ1v) is 8.83. The lowest BCUT2D eigenvalue weighted by atomic mass is 10.2. The summed E-state index contributed by atoms with van der Waals surface area (Å²) in [5, 5.41) is 16.4. The summed E-state index contributed by atoms with van der Waals surface area (Å²) in [7, 11) is 0. The third kappa shape index (κ3) is 5.08. The number of para-hydroxylation sites is 1. The van der Waals surface area contributed by atoms with Gasteiger partial charge in [0.25, 0.3) is 5.91 Å². The zero-order valence-electron chi connectivity index (χ0n) is 14.3. The van der Waals surface area contributed by atoms with Crippen LogP contribution in [0.2, 0.25) is 0 Å². The van der Waals surface area contributed by atoms with E-state index in [0.29, 0.717) is 16.4 Å². The molecule has 2 aromatic carbocycles. The normalized spacial score (nSPS) is 10.3. The Bertz CT molecular complexity index is 958. The molecule has 3 amide bonds. The van der Waals surface area contributed by atoms with Crippen molar-refractivity contribution in [3.8, 4) is 0 Å². The van der Waals surface area contributed by atoms with E-state index < -0.39 is 5.91 Å². The van der Waals surface area contributed by atoms with Gasteiger partial charge in [0, 0.05) is 11.4 Å². The van der Waals surface area contributed by atoms with Crippen LogP contribution in [0.3, 0.4) is 0 Å². The molecule has 3 rings (SSSR count). The van der Waals surface area contributed by atoms with E-state index >= 15 is 0 Å². The van der Waals surface area contributed by atoms with E-state index in [1.165, 1.54) is 24.3 Å². The van der Waals surface area contributed by atoms with Gasteiger partial charge in [-0.25, -0.2) is 9.18 Å². The van der Waals surface area contributed by atoms with Crippen molar-refractivity contribution >= 4 is 34.6 Å². The predicted octanol–water partition coefficient (Wildman–Crippen LogP) is 3.56. The molecule has 7 nitrogen and oxygen atoms in total. The van der Waals surface area contributed by atoms with Gasteiger partial charge in [0.2, 0.25) is 5.01 Å². The number of halogens is 1. The van der Waals surface area contributed by atoms with Crippen LogP contribution >= 0.6 is 11.3 Å². The summed E-state index contributed by atoms with van der Waals surface area (Å²) < 4.78 is 12.9. The van der Waals surface area contributed by atoms with Crippen LogP contribution < -0.4 is 16.0 Å². The Hall–Kier alpha value is -3.33. The van der Waals surface area contributed by atoms with Crippen molar-refractivity contribution in [1.29, 1.82) is 0 Å². The maximum Gasteiger partial charge on any atom is 0.319 e. The van der Waals surface area contributed by atoms with E-state index in [1.54, 1.807) is 6.07 Å². The standard InChI is InChI=1S/C18H16FN5O2S/c1-11-4-2-3-5-14(11)22-18(26)20-10-15-23-24-17(27-15)16(25)21-13-8-6-12(19)7-9-13/h2-9H,10H2,1H3,(H,21,25)(H2,20,22,26). The number of aromatic nitrogens is 2. The molecule has 0 radical (unpaired) electrons. The maximum absolute atomic E-state index is 12.9. The second kappa shape index (κ2) is 8.37. The molecule has 0 aliphatic heterocycles. The van der Waals surface area contributed by atoms with Crippen LogP contribution in [0.4, 0.5) is 20.6 Å². The Labute approximate surface area is 158 Å². The second-order valence-electron chi connectivity index (χ2n) is 5.58. The Morgan fingerprint density at radius 2 is 1.78 bits per heavy atom. The van der Waals surface area contributed by atoms with Crippen LogP contribution in [-0.2, 0) is 6.54 Å². The van der Waals surface area contributed by atoms with Crippen molar-refractivity contribution in [1.82, 2.24) is 15.5 Å². The number of aryl methyl sites for hydroxylation is 1. The number of benzene rings is 2. The van der Waals surface area contributed by atoms with Gasteiger partial charge >= 0.3 is 6.03 Å². The van der Waals surface area contributed by atoms with Crippen molar-refractivity contribution in [3.63, 3.8) is 0 Å². The smallest absolute Gasteiger partial charge is 0.319 e. The Morgan fingerprint density at radius 1 is 1.04 bits per heavy atom. The fraction of sp³-hybridized carbons (Fsp3) is 0.111. The molecule has 0 unspecified atom stereocenters. The third-order valence-corrected chi connectivity index (χ3v) is 4.48. The van der Waals surface area contributed by atoms with Gasteiger partial charge in [-0.05, 0) is 42.8 Å². The highest BCUT2D eigenvalue weighted by molar-refractivity contribution is 7.13. The number of rotatable bonds is 5. The van der Waals surface area contributed by atoms with Crippen LogP contribution in [0.15, 0.2) is 48.5 Å². The van der Waals surface area contributed by atoms with Gasteiger partial charge in [0.05, 0.1) is 6.54 Å². The van der Waals surface area contributed by atoms with Crippen LogP contribution in [0.25, 0.3) is 0 Å². The lowest BCUT2D eigenvalue weighted by Gasteiger charge is -2.08. The summed E-state index contributed by atoms with van der Waals surface area (Å²) >= 11 is 1.06. The molecular weight excluding hydrogens is 369 g/mol. The molecule has 3 aromatic rings. The third-order valence-electron chi connectivity index (χ3n) is 3.56. The lowest BCUT2D eigenvalue weighted by molar-refractivity contribution is 0.102. The first-order valence-electron chi connectivity index (χ1n) is 8.01. The van der Waals surface area contributed by atoms with E-state index in [-0.39, 0.29) is 23.4 Å². The van der Waals surface area contributed by atoms with Gasteiger partial charge < -0.3 is 16.0 Å². The SMILES string of the molecule is Cc1ccccc1NC(=O)NCc1nnc(C(=O)Nc2ccc(F)cc2)s1. The number of amides is 3.